The summed E-state index contributed by atoms with van der Waals surface area (Å²) < 4.78 is 0. The zero-order chi connectivity index (χ0) is 38.2. The molecular formula is C39H40ClN5O8. The predicted molar refractivity (Wildman–Crippen MR) is 198 cm³/mol. The van der Waals surface area contributed by atoms with E-state index in [4.69, 9.17) is 17.3 Å². The number of nitrogens with zero attached hydrogens (tertiary/aromatic N) is 1. The van der Waals surface area contributed by atoms with Gasteiger partial charge in [0.25, 0.3) is 5.91 Å². The Kier molecular flexibility index (Phi) is 12.3. The van der Waals surface area contributed by atoms with Gasteiger partial charge in [0.05, 0.1) is 6.54 Å². The number of likely N-dealkylation sites (N-methyl/N-ethyl adjacent to an activating group) is 1. The zero-order valence-corrected chi connectivity index (χ0v) is 29.6. The van der Waals surface area contributed by atoms with Gasteiger partial charge in [-0.3, -0.25) is 19.2 Å². The number of aliphatic carboxylic acids is 1. The molecule has 53 heavy (non-hydrogen) atoms. The van der Waals surface area contributed by atoms with Crippen LogP contribution in [0.15, 0.2) is 84.9 Å². The van der Waals surface area contributed by atoms with E-state index in [1.807, 2.05) is 12.1 Å². The molecule has 0 aliphatic carbocycles. The lowest BCUT2D eigenvalue weighted by Gasteiger charge is -2.32. The molecule has 276 valence electrons. The molecule has 0 radical (unpaired) electrons. The van der Waals surface area contributed by atoms with Crippen LogP contribution in [0.25, 0.3) is 22.3 Å². The van der Waals surface area contributed by atoms with E-state index in [1.165, 1.54) is 43.4 Å². The van der Waals surface area contributed by atoms with E-state index >= 15 is 0 Å². The average Bonchev–Trinajstić information content (AvgIpc) is 3.14. The van der Waals surface area contributed by atoms with Gasteiger partial charge in [0.15, 0.2) is 0 Å². The number of hydrogen-bond donors (Lipinski definition) is 7. The third-order valence-electron chi connectivity index (χ3n) is 9.04. The smallest absolute Gasteiger partial charge is 0.326 e. The number of carbonyl (C=O) groups excluding carboxylic acids is 4. The van der Waals surface area contributed by atoms with Crippen LogP contribution < -0.4 is 21.7 Å². The number of unbranched alkanes of at least 4 members (excludes halogenated alkanes) is 1. The van der Waals surface area contributed by atoms with Crippen LogP contribution in [0.4, 0.5) is 0 Å². The van der Waals surface area contributed by atoms with Crippen molar-refractivity contribution in [3.63, 3.8) is 0 Å². The number of aromatic hydroxyl groups is 2. The quantitative estimate of drug-likeness (QED) is 0.118. The van der Waals surface area contributed by atoms with Crippen LogP contribution in [0, 0.1) is 0 Å². The van der Waals surface area contributed by atoms with Crippen LogP contribution >= 0.6 is 11.6 Å². The Labute approximate surface area is 310 Å². The number of nitrogens with one attached hydrogen (secondary N) is 3. The molecule has 0 aromatic heterocycles. The van der Waals surface area contributed by atoms with Gasteiger partial charge in [0.1, 0.15) is 29.6 Å². The van der Waals surface area contributed by atoms with Crippen molar-refractivity contribution in [1.29, 1.82) is 0 Å². The lowest BCUT2D eigenvalue weighted by Crippen LogP contribution is -2.52. The second kappa shape index (κ2) is 17.1. The van der Waals surface area contributed by atoms with E-state index in [1.54, 1.807) is 36.4 Å². The van der Waals surface area contributed by atoms with Crippen molar-refractivity contribution in [3.05, 3.63) is 107 Å². The summed E-state index contributed by atoms with van der Waals surface area (Å²) in [5.74, 6) is -4.52. The van der Waals surface area contributed by atoms with Gasteiger partial charge >= 0.3 is 5.97 Å². The van der Waals surface area contributed by atoms with Gasteiger partial charge in [-0.05, 0) is 96.6 Å². The maximum absolute atomic E-state index is 14.3. The molecule has 1 aliphatic rings. The standard InChI is InChI=1S/C39H40ClN5O8/c1-45(38(51)30(4-2-3-17-41)44-36(49)25-8-6-23(7-9-25)24-10-13-27(40)14-11-24)35-26-12-16-33(47)29(20-26)28-18-22(5-15-32(28)46)19-31(39(52)53)43-34(48)21-42-37(35)50/h5-16,18,20,30-31,35,46-47H,2-4,17,19,21,41H2,1H3,(H,42,50)(H,43,48)(H,44,49)(H,52,53)/t30-,31-,35-/m0/s1. The number of carboxylic acids is 1. The van der Waals surface area contributed by atoms with Gasteiger partial charge in [-0.15, -0.1) is 0 Å². The number of halogens is 1. The summed E-state index contributed by atoms with van der Waals surface area (Å²) in [4.78, 5) is 67.7. The lowest BCUT2D eigenvalue weighted by molar-refractivity contribution is -0.142. The van der Waals surface area contributed by atoms with E-state index < -0.39 is 54.3 Å². The maximum Gasteiger partial charge on any atom is 0.326 e. The predicted octanol–water partition coefficient (Wildman–Crippen LogP) is 3.75. The van der Waals surface area contributed by atoms with Gasteiger partial charge in [-0.2, -0.15) is 0 Å². The molecular weight excluding hydrogens is 702 g/mol. The van der Waals surface area contributed by atoms with Crippen molar-refractivity contribution in [2.75, 3.05) is 20.1 Å². The van der Waals surface area contributed by atoms with E-state index in [0.717, 1.165) is 16.0 Å². The molecule has 14 heteroatoms. The van der Waals surface area contributed by atoms with Crippen LogP contribution in [-0.2, 0) is 25.6 Å². The van der Waals surface area contributed by atoms with E-state index in [0.29, 0.717) is 35.5 Å². The number of phenolic OH excluding ortho intramolecular Hbond substituents is 2. The molecule has 1 heterocycles. The van der Waals surface area contributed by atoms with Crippen molar-refractivity contribution in [2.45, 2.75) is 43.8 Å². The Morgan fingerprint density at radius 3 is 2.17 bits per heavy atom. The number of amides is 4. The molecule has 0 spiro atoms. The van der Waals surface area contributed by atoms with Crippen LogP contribution in [0.5, 0.6) is 11.5 Å². The summed E-state index contributed by atoms with van der Waals surface area (Å²) in [5.41, 5.74) is 8.69. The number of benzene rings is 4. The summed E-state index contributed by atoms with van der Waals surface area (Å²) in [5, 5.41) is 39.8. The molecule has 0 saturated carbocycles. The molecule has 4 aromatic carbocycles. The van der Waals surface area contributed by atoms with Crippen LogP contribution in [0.3, 0.4) is 0 Å². The summed E-state index contributed by atoms with van der Waals surface area (Å²) >= 11 is 6.01. The minimum Gasteiger partial charge on any atom is -0.507 e. The Morgan fingerprint density at radius 2 is 1.53 bits per heavy atom. The van der Waals surface area contributed by atoms with Crippen molar-refractivity contribution in [2.24, 2.45) is 5.73 Å². The lowest BCUT2D eigenvalue weighted by atomic mass is 9.94. The summed E-state index contributed by atoms with van der Waals surface area (Å²) in [6.45, 7) is -0.243. The third-order valence-corrected chi connectivity index (χ3v) is 9.29. The maximum atomic E-state index is 14.3. The first-order valence-electron chi connectivity index (χ1n) is 16.9. The first kappa shape index (κ1) is 38.3. The van der Waals surface area contributed by atoms with Gasteiger partial charge in [0.2, 0.25) is 17.7 Å². The Morgan fingerprint density at radius 1 is 0.906 bits per heavy atom. The molecule has 3 atom stereocenters. The fourth-order valence-corrected chi connectivity index (χ4v) is 6.31. The summed E-state index contributed by atoms with van der Waals surface area (Å²) in [7, 11) is 1.38. The van der Waals surface area contributed by atoms with Crippen molar-refractivity contribution >= 4 is 41.2 Å². The number of rotatable bonds is 10. The number of carboxylic acid groups (broad SMARTS) is 1. The topological polar surface area (TPSA) is 211 Å². The summed E-state index contributed by atoms with van der Waals surface area (Å²) in [6, 6.07) is 18.7. The number of carbonyl (C=O) groups is 5. The highest BCUT2D eigenvalue weighted by molar-refractivity contribution is 6.30. The zero-order valence-electron chi connectivity index (χ0n) is 28.8. The first-order valence-corrected chi connectivity index (χ1v) is 17.3. The number of phenols is 2. The normalized spacial score (nSPS) is 16.4. The fraction of sp³-hybridized carbons (Fsp3) is 0.256. The van der Waals surface area contributed by atoms with E-state index in [9.17, 15) is 39.3 Å². The minimum atomic E-state index is -1.40. The number of nitrogens with two attached hydrogens (primary N) is 1. The molecule has 0 unspecified atom stereocenters. The molecule has 0 saturated heterocycles. The van der Waals surface area contributed by atoms with Gasteiger partial charge in [-0.25, -0.2) is 4.79 Å². The highest BCUT2D eigenvalue weighted by Gasteiger charge is 2.34. The fourth-order valence-electron chi connectivity index (χ4n) is 6.18. The van der Waals surface area contributed by atoms with Gasteiger partial charge in [-0.1, -0.05) is 48.0 Å². The molecule has 1 aliphatic heterocycles. The molecule has 0 fully saturated rings. The monoisotopic (exact) mass is 741 g/mol. The molecule has 13 nitrogen and oxygen atoms in total. The molecule has 4 aromatic rings. The third kappa shape index (κ3) is 9.31. The highest BCUT2D eigenvalue weighted by Crippen LogP contribution is 2.39. The van der Waals surface area contributed by atoms with Crippen LogP contribution in [0.1, 0.15) is 46.8 Å². The molecule has 8 N–H and O–H groups in total. The Hall–Kier alpha value is -5.92. The van der Waals surface area contributed by atoms with Crippen molar-refractivity contribution in [1.82, 2.24) is 20.9 Å². The first-order chi connectivity index (χ1) is 25.4. The number of fused-ring (bicyclic) bond motifs is 5. The molecule has 4 amide bonds. The Bertz CT molecular complexity index is 2000. The van der Waals surface area contributed by atoms with Crippen molar-refractivity contribution in [3.8, 4) is 33.8 Å². The minimum absolute atomic E-state index is 0.114. The largest absolute Gasteiger partial charge is 0.507 e. The summed E-state index contributed by atoms with van der Waals surface area (Å²) in [6.07, 6.45) is 1.10. The number of hydrogen-bond acceptors (Lipinski definition) is 8. The molecule has 4 bridgehead atoms. The van der Waals surface area contributed by atoms with Crippen molar-refractivity contribution < 1.29 is 39.3 Å². The second-order valence-electron chi connectivity index (χ2n) is 12.8. The second-order valence-corrected chi connectivity index (χ2v) is 13.2. The van der Waals surface area contributed by atoms with Crippen LogP contribution in [-0.4, -0.2) is 82.0 Å². The SMILES string of the molecule is CN(C(=O)[C@H](CCCCN)NC(=O)c1ccc(-c2ccc(Cl)cc2)cc1)[C@@H]1C(=O)NCC(=O)N[C@H](C(=O)O)Cc2ccc(O)c(c2)-c2cc1ccc2O. The molecule has 5 rings (SSSR count). The highest BCUT2D eigenvalue weighted by atomic mass is 35.5. The van der Waals surface area contributed by atoms with Gasteiger partial charge < -0.3 is 41.9 Å². The van der Waals surface area contributed by atoms with E-state index in [-0.39, 0.29) is 41.0 Å². The van der Waals surface area contributed by atoms with E-state index in [2.05, 4.69) is 16.0 Å². The van der Waals surface area contributed by atoms with Gasteiger partial charge in [0, 0.05) is 35.2 Å². The Balaban J connectivity index is 1.48. The van der Waals surface area contributed by atoms with Crippen LogP contribution in [0.2, 0.25) is 5.02 Å². The average molecular weight is 742 g/mol.